The second-order valence-electron chi connectivity index (χ2n) is 4.89. The summed E-state index contributed by atoms with van der Waals surface area (Å²) >= 11 is 1.13. The zero-order valence-electron chi connectivity index (χ0n) is 12.4. The van der Waals surface area contributed by atoms with Crippen molar-refractivity contribution in [3.05, 3.63) is 77.6 Å². The van der Waals surface area contributed by atoms with Crippen LogP contribution in [0.15, 0.2) is 59.9 Å². The van der Waals surface area contributed by atoms with Gasteiger partial charge in [-0.05, 0) is 36.4 Å². The summed E-state index contributed by atoms with van der Waals surface area (Å²) in [6, 6.07) is 12.8. The Hall–Kier alpha value is -2.78. The number of nitrogens with zero attached hydrogens (tertiary/aromatic N) is 3. The van der Waals surface area contributed by atoms with Crippen LogP contribution in [0.2, 0.25) is 0 Å². The van der Waals surface area contributed by atoms with Crippen LogP contribution in [0.4, 0.5) is 8.78 Å². The molecular weight excluding hydrogens is 328 g/mol. The van der Waals surface area contributed by atoms with Crippen molar-refractivity contribution in [2.75, 3.05) is 0 Å². The molecule has 0 fully saturated rings. The summed E-state index contributed by atoms with van der Waals surface area (Å²) in [5.74, 6) is -1.16. The largest absolute Gasteiger partial charge is 0.265 e. The minimum Gasteiger partial charge on any atom is -0.265 e. The number of halogens is 2. The van der Waals surface area contributed by atoms with E-state index in [1.165, 1.54) is 18.2 Å². The Morgan fingerprint density at radius 2 is 1.71 bits per heavy atom. The molecule has 0 radical (unpaired) electrons. The number of rotatable bonds is 4. The molecule has 3 nitrogen and oxygen atoms in total. The predicted octanol–water partition coefficient (Wildman–Crippen LogP) is 4.59. The van der Waals surface area contributed by atoms with Gasteiger partial charge in [-0.25, -0.2) is 13.8 Å². The van der Waals surface area contributed by atoms with Gasteiger partial charge >= 0.3 is 0 Å². The topological polar surface area (TPSA) is 49.6 Å². The zero-order chi connectivity index (χ0) is 16.9. The summed E-state index contributed by atoms with van der Waals surface area (Å²) in [5.41, 5.74) is 1.87. The molecule has 1 aromatic carbocycles. The van der Waals surface area contributed by atoms with E-state index in [1.807, 2.05) is 0 Å². The van der Waals surface area contributed by atoms with E-state index in [1.54, 1.807) is 36.7 Å². The lowest BCUT2D eigenvalue weighted by Gasteiger charge is -2.08. The monoisotopic (exact) mass is 339 g/mol. The Morgan fingerprint density at radius 3 is 2.38 bits per heavy atom. The van der Waals surface area contributed by atoms with Crippen molar-refractivity contribution < 1.29 is 8.78 Å². The van der Waals surface area contributed by atoms with E-state index in [0.29, 0.717) is 16.3 Å². The highest BCUT2D eigenvalue weighted by molar-refractivity contribution is 7.98. The quantitative estimate of drug-likeness (QED) is 0.653. The lowest BCUT2D eigenvalue weighted by atomic mass is 10.1. The summed E-state index contributed by atoms with van der Waals surface area (Å²) < 4.78 is 27.5. The first-order chi connectivity index (χ1) is 11.7. The number of benzene rings is 1. The van der Waals surface area contributed by atoms with E-state index in [-0.39, 0.29) is 11.3 Å². The molecule has 0 atom stereocenters. The average molecular weight is 339 g/mol. The fourth-order valence-electron chi connectivity index (χ4n) is 2.13. The molecule has 0 spiro atoms. The molecule has 0 unspecified atom stereocenters. The molecule has 24 heavy (non-hydrogen) atoms. The minimum absolute atomic E-state index is 0.0255. The Labute approximate surface area is 142 Å². The van der Waals surface area contributed by atoms with Crippen LogP contribution < -0.4 is 0 Å². The van der Waals surface area contributed by atoms with Crippen molar-refractivity contribution in [3.8, 4) is 17.3 Å². The van der Waals surface area contributed by atoms with E-state index in [0.717, 1.165) is 17.3 Å². The van der Waals surface area contributed by atoms with Crippen molar-refractivity contribution >= 4 is 11.8 Å². The van der Waals surface area contributed by atoms with Crippen molar-refractivity contribution in [2.24, 2.45) is 0 Å². The molecule has 0 saturated heterocycles. The number of hydrogen-bond donors (Lipinski definition) is 0. The van der Waals surface area contributed by atoms with Crippen molar-refractivity contribution in [3.63, 3.8) is 0 Å². The number of pyridine rings is 2. The average Bonchev–Trinajstić information content (AvgIpc) is 2.62. The second kappa shape index (κ2) is 7.20. The molecule has 3 rings (SSSR count). The van der Waals surface area contributed by atoms with Gasteiger partial charge in [0.05, 0.1) is 11.3 Å². The molecule has 0 aliphatic carbocycles. The molecule has 0 saturated carbocycles. The molecule has 2 aromatic heterocycles. The minimum atomic E-state index is -0.605. The third kappa shape index (κ3) is 3.42. The summed E-state index contributed by atoms with van der Waals surface area (Å²) in [5, 5.41) is 9.66. The van der Waals surface area contributed by atoms with Crippen LogP contribution in [0, 0.1) is 23.0 Å². The van der Waals surface area contributed by atoms with E-state index >= 15 is 0 Å². The smallest absolute Gasteiger partial charge is 0.130 e. The number of hydrogen-bond acceptors (Lipinski definition) is 4. The lowest BCUT2D eigenvalue weighted by Crippen LogP contribution is -1.95. The normalized spacial score (nSPS) is 10.4. The lowest BCUT2D eigenvalue weighted by molar-refractivity contribution is 0.566. The van der Waals surface area contributed by atoms with Gasteiger partial charge in [-0.3, -0.25) is 4.98 Å². The fourth-order valence-corrected chi connectivity index (χ4v) is 3.12. The van der Waals surface area contributed by atoms with E-state index in [9.17, 15) is 14.0 Å². The van der Waals surface area contributed by atoms with Gasteiger partial charge in [-0.2, -0.15) is 5.26 Å². The molecule has 0 amide bonds. The Morgan fingerprint density at radius 1 is 1.00 bits per heavy atom. The maximum Gasteiger partial charge on any atom is 0.130 e. The van der Waals surface area contributed by atoms with E-state index < -0.39 is 11.6 Å². The van der Waals surface area contributed by atoms with Crippen LogP contribution in [-0.2, 0) is 5.75 Å². The van der Waals surface area contributed by atoms with Gasteiger partial charge in [0.2, 0.25) is 0 Å². The van der Waals surface area contributed by atoms with Crippen LogP contribution in [0.5, 0.6) is 0 Å². The molecule has 118 valence electrons. The molecule has 2 heterocycles. The molecule has 0 N–H and O–H groups in total. The van der Waals surface area contributed by atoms with E-state index in [4.69, 9.17) is 0 Å². The number of thioether (sulfide) groups is 1. The van der Waals surface area contributed by atoms with Gasteiger partial charge < -0.3 is 0 Å². The molecular formula is C18H11F2N3S. The highest BCUT2D eigenvalue weighted by Crippen LogP contribution is 2.29. The Balaban J connectivity index is 1.91. The molecule has 0 aliphatic rings. The first-order valence-corrected chi connectivity index (χ1v) is 8.05. The van der Waals surface area contributed by atoms with Crippen molar-refractivity contribution in [2.45, 2.75) is 10.8 Å². The standard InChI is InChI=1S/C18H11F2N3S/c19-15-2-1-3-16(20)14(15)11-24-18-13(10-21)4-5-17(23-18)12-6-8-22-9-7-12/h1-9H,11H2. The van der Waals surface area contributed by atoms with Gasteiger partial charge in [0.1, 0.15) is 22.7 Å². The number of nitriles is 1. The highest BCUT2D eigenvalue weighted by Gasteiger charge is 2.12. The molecule has 0 bridgehead atoms. The van der Waals surface area contributed by atoms with Crippen LogP contribution >= 0.6 is 11.8 Å². The van der Waals surface area contributed by atoms with Crippen LogP contribution in [0.3, 0.4) is 0 Å². The highest BCUT2D eigenvalue weighted by atomic mass is 32.2. The fraction of sp³-hybridized carbons (Fsp3) is 0.0556. The van der Waals surface area contributed by atoms with Gasteiger partial charge in [-0.15, -0.1) is 11.8 Å². The maximum absolute atomic E-state index is 13.7. The summed E-state index contributed by atoms with van der Waals surface area (Å²) in [7, 11) is 0. The van der Waals surface area contributed by atoms with E-state index in [2.05, 4.69) is 16.0 Å². The van der Waals surface area contributed by atoms with Gasteiger partial charge in [0.15, 0.2) is 0 Å². The van der Waals surface area contributed by atoms with Gasteiger partial charge in [0, 0.05) is 29.3 Å². The molecule has 3 aromatic rings. The Bertz CT molecular complexity index is 888. The van der Waals surface area contributed by atoms with Crippen LogP contribution in [0.25, 0.3) is 11.3 Å². The SMILES string of the molecule is N#Cc1ccc(-c2ccncc2)nc1SCc1c(F)cccc1F. The van der Waals surface area contributed by atoms with Gasteiger partial charge in [0.25, 0.3) is 0 Å². The van der Waals surface area contributed by atoms with Crippen LogP contribution in [0.1, 0.15) is 11.1 Å². The summed E-state index contributed by atoms with van der Waals surface area (Å²) in [6.45, 7) is 0. The zero-order valence-corrected chi connectivity index (χ0v) is 13.2. The Kier molecular flexibility index (Phi) is 4.82. The van der Waals surface area contributed by atoms with Crippen molar-refractivity contribution in [1.29, 1.82) is 5.26 Å². The summed E-state index contributed by atoms with van der Waals surface area (Å²) in [6.07, 6.45) is 3.30. The third-order valence-electron chi connectivity index (χ3n) is 3.37. The first kappa shape index (κ1) is 16.1. The number of aromatic nitrogens is 2. The third-order valence-corrected chi connectivity index (χ3v) is 4.39. The van der Waals surface area contributed by atoms with Crippen LogP contribution in [-0.4, -0.2) is 9.97 Å². The van der Waals surface area contributed by atoms with Crippen molar-refractivity contribution in [1.82, 2.24) is 9.97 Å². The second-order valence-corrected chi connectivity index (χ2v) is 5.85. The van der Waals surface area contributed by atoms with Gasteiger partial charge in [-0.1, -0.05) is 6.07 Å². The predicted molar refractivity (Wildman–Crippen MR) is 88.1 cm³/mol. The molecule has 6 heteroatoms. The molecule has 0 aliphatic heterocycles. The first-order valence-electron chi connectivity index (χ1n) is 7.06. The maximum atomic E-state index is 13.7. The summed E-state index contributed by atoms with van der Waals surface area (Å²) in [4.78, 5) is 8.41.